The van der Waals surface area contributed by atoms with Crippen molar-refractivity contribution in [1.82, 2.24) is 0 Å². The third kappa shape index (κ3) is 4.80. The molecule has 1 aromatic carbocycles. The summed E-state index contributed by atoms with van der Waals surface area (Å²) in [6, 6.07) is 9.11. The summed E-state index contributed by atoms with van der Waals surface area (Å²) >= 11 is 1.14. The van der Waals surface area contributed by atoms with Crippen molar-refractivity contribution in [2.75, 3.05) is 23.4 Å². The van der Waals surface area contributed by atoms with Crippen LogP contribution in [-0.4, -0.2) is 36.8 Å². The number of nitrogens with zero attached hydrogens (tertiary/aromatic N) is 1. The molecule has 0 spiro atoms. The maximum Gasteiger partial charge on any atom is 0.311 e. The van der Waals surface area contributed by atoms with Gasteiger partial charge in [0.1, 0.15) is 5.00 Å². The van der Waals surface area contributed by atoms with Crippen LogP contribution < -0.4 is 16.0 Å². The van der Waals surface area contributed by atoms with Gasteiger partial charge in [-0.2, -0.15) is 0 Å². The van der Waals surface area contributed by atoms with Gasteiger partial charge in [-0.1, -0.05) is 19.1 Å². The summed E-state index contributed by atoms with van der Waals surface area (Å²) in [7, 11) is 0. The molecule has 0 bridgehead atoms. The highest BCUT2D eigenvalue weighted by atomic mass is 32.1. The SMILES string of the molecule is CCc1ccc(N2C[C@@H](C(=O)OCC(=O)Nc3sccc3C(N)=O)CC2=O)cc1. The van der Waals surface area contributed by atoms with Crippen molar-refractivity contribution in [3.8, 4) is 0 Å². The van der Waals surface area contributed by atoms with Crippen LogP contribution in [0.15, 0.2) is 35.7 Å². The molecule has 0 radical (unpaired) electrons. The number of nitrogens with two attached hydrogens (primary N) is 1. The fourth-order valence-electron chi connectivity index (χ4n) is 3.04. The number of anilines is 2. The van der Waals surface area contributed by atoms with E-state index in [4.69, 9.17) is 10.5 Å². The lowest BCUT2D eigenvalue weighted by Crippen LogP contribution is -2.28. The molecule has 29 heavy (non-hydrogen) atoms. The Hall–Kier alpha value is -3.20. The largest absolute Gasteiger partial charge is 0.455 e. The van der Waals surface area contributed by atoms with Crippen molar-refractivity contribution >= 4 is 45.7 Å². The van der Waals surface area contributed by atoms with E-state index in [1.54, 1.807) is 10.3 Å². The van der Waals surface area contributed by atoms with Crippen LogP contribution in [-0.2, 0) is 25.5 Å². The van der Waals surface area contributed by atoms with Crippen molar-refractivity contribution in [3.63, 3.8) is 0 Å². The number of ether oxygens (including phenoxy) is 1. The van der Waals surface area contributed by atoms with E-state index in [-0.39, 0.29) is 24.4 Å². The van der Waals surface area contributed by atoms with Gasteiger partial charge in [-0.25, -0.2) is 0 Å². The first-order valence-corrected chi connectivity index (χ1v) is 10.00. The van der Waals surface area contributed by atoms with Gasteiger partial charge in [0.15, 0.2) is 6.61 Å². The molecule has 3 N–H and O–H groups in total. The lowest BCUT2D eigenvalue weighted by atomic mass is 10.1. The van der Waals surface area contributed by atoms with E-state index < -0.39 is 30.3 Å². The van der Waals surface area contributed by atoms with Crippen molar-refractivity contribution in [2.45, 2.75) is 19.8 Å². The minimum absolute atomic E-state index is 0.0345. The number of primary amides is 1. The molecule has 2 aromatic rings. The topological polar surface area (TPSA) is 119 Å². The average molecular weight is 415 g/mol. The van der Waals surface area contributed by atoms with Gasteiger partial charge >= 0.3 is 5.97 Å². The summed E-state index contributed by atoms with van der Waals surface area (Å²) in [5.41, 5.74) is 7.31. The molecular formula is C20H21N3O5S. The van der Waals surface area contributed by atoms with Crippen LogP contribution in [0.2, 0.25) is 0 Å². The summed E-state index contributed by atoms with van der Waals surface area (Å²) in [5, 5.41) is 4.42. The Labute approximate surface area is 171 Å². The second kappa shape index (κ2) is 8.87. The summed E-state index contributed by atoms with van der Waals surface area (Å²) in [6.45, 7) is 1.75. The minimum Gasteiger partial charge on any atom is -0.455 e. The molecule has 0 aliphatic carbocycles. The lowest BCUT2D eigenvalue weighted by molar-refractivity contribution is -0.151. The van der Waals surface area contributed by atoms with Crippen LogP contribution in [0.5, 0.6) is 0 Å². The van der Waals surface area contributed by atoms with Gasteiger partial charge in [0.05, 0.1) is 11.5 Å². The highest BCUT2D eigenvalue weighted by Crippen LogP contribution is 2.26. The number of benzene rings is 1. The Morgan fingerprint density at radius 2 is 1.97 bits per heavy atom. The molecule has 1 aliphatic heterocycles. The molecule has 1 fully saturated rings. The smallest absolute Gasteiger partial charge is 0.311 e. The second-order valence-corrected chi connectivity index (χ2v) is 7.53. The fraction of sp³-hybridized carbons (Fsp3) is 0.300. The first-order chi connectivity index (χ1) is 13.9. The van der Waals surface area contributed by atoms with E-state index in [2.05, 4.69) is 5.32 Å². The van der Waals surface area contributed by atoms with E-state index in [0.717, 1.165) is 29.0 Å². The summed E-state index contributed by atoms with van der Waals surface area (Å²) < 4.78 is 5.06. The Morgan fingerprint density at radius 1 is 1.24 bits per heavy atom. The third-order valence-corrected chi connectivity index (χ3v) is 5.47. The average Bonchev–Trinajstić information content (AvgIpc) is 3.33. The molecule has 1 saturated heterocycles. The quantitative estimate of drug-likeness (QED) is 0.670. The summed E-state index contributed by atoms with van der Waals surface area (Å²) in [4.78, 5) is 49.4. The molecule has 1 aromatic heterocycles. The van der Waals surface area contributed by atoms with Crippen molar-refractivity contribution in [1.29, 1.82) is 0 Å². The van der Waals surface area contributed by atoms with Crippen LogP contribution in [0, 0.1) is 5.92 Å². The Kier molecular flexibility index (Phi) is 6.28. The predicted octanol–water partition coefficient (Wildman–Crippen LogP) is 1.94. The van der Waals surface area contributed by atoms with Crippen LogP contribution in [0.4, 0.5) is 10.7 Å². The zero-order valence-electron chi connectivity index (χ0n) is 15.8. The molecule has 8 nitrogen and oxygen atoms in total. The molecule has 3 amide bonds. The van der Waals surface area contributed by atoms with Gasteiger partial charge in [-0.05, 0) is 35.6 Å². The highest BCUT2D eigenvalue weighted by molar-refractivity contribution is 7.14. The maximum atomic E-state index is 12.3. The molecule has 9 heteroatoms. The third-order valence-electron chi connectivity index (χ3n) is 4.64. The van der Waals surface area contributed by atoms with Gasteiger partial charge in [0.25, 0.3) is 11.8 Å². The Bertz CT molecular complexity index is 938. The molecule has 152 valence electrons. The zero-order chi connectivity index (χ0) is 21.0. The number of aryl methyl sites for hydroxylation is 1. The Balaban J connectivity index is 1.53. The molecule has 0 unspecified atom stereocenters. The second-order valence-electron chi connectivity index (χ2n) is 6.61. The van der Waals surface area contributed by atoms with Gasteiger partial charge in [0, 0.05) is 18.7 Å². The van der Waals surface area contributed by atoms with Crippen LogP contribution in [0.3, 0.4) is 0 Å². The van der Waals surface area contributed by atoms with Gasteiger partial charge in [-0.15, -0.1) is 11.3 Å². The lowest BCUT2D eigenvalue weighted by Gasteiger charge is -2.17. The highest BCUT2D eigenvalue weighted by Gasteiger charge is 2.36. The van der Waals surface area contributed by atoms with E-state index in [0.29, 0.717) is 5.00 Å². The fourth-order valence-corrected chi connectivity index (χ4v) is 3.85. The van der Waals surface area contributed by atoms with Gasteiger partial charge in [-0.3, -0.25) is 19.2 Å². The molecular weight excluding hydrogens is 394 g/mol. The van der Waals surface area contributed by atoms with E-state index in [9.17, 15) is 19.2 Å². The summed E-state index contributed by atoms with van der Waals surface area (Å²) in [6.07, 6.45) is 0.935. The molecule has 0 saturated carbocycles. The number of rotatable bonds is 7. The zero-order valence-corrected chi connectivity index (χ0v) is 16.7. The first kappa shape index (κ1) is 20.5. The van der Waals surface area contributed by atoms with Crippen molar-refractivity contribution in [3.05, 3.63) is 46.8 Å². The summed E-state index contributed by atoms with van der Waals surface area (Å²) in [5.74, 6) is -2.65. The number of hydrogen-bond acceptors (Lipinski definition) is 6. The molecule has 1 atom stereocenters. The van der Waals surface area contributed by atoms with E-state index >= 15 is 0 Å². The normalized spacial score (nSPS) is 16.0. The maximum absolute atomic E-state index is 12.3. The van der Waals surface area contributed by atoms with Crippen LogP contribution >= 0.6 is 11.3 Å². The number of esters is 1. The first-order valence-electron chi connectivity index (χ1n) is 9.12. The molecule has 3 rings (SSSR count). The van der Waals surface area contributed by atoms with Crippen molar-refractivity contribution in [2.24, 2.45) is 11.7 Å². The number of nitrogens with one attached hydrogen (secondary N) is 1. The van der Waals surface area contributed by atoms with Crippen LogP contribution in [0.1, 0.15) is 29.3 Å². The van der Waals surface area contributed by atoms with Crippen LogP contribution in [0.25, 0.3) is 0 Å². The molecule has 2 heterocycles. The van der Waals surface area contributed by atoms with E-state index in [1.165, 1.54) is 6.07 Å². The number of thiophene rings is 1. The Morgan fingerprint density at radius 3 is 2.62 bits per heavy atom. The number of carbonyl (C=O) groups excluding carboxylic acids is 4. The number of hydrogen-bond donors (Lipinski definition) is 2. The number of amides is 3. The predicted molar refractivity (Wildman–Crippen MR) is 109 cm³/mol. The van der Waals surface area contributed by atoms with Crippen molar-refractivity contribution < 1.29 is 23.9 Å². The minimum atomic E-state index is -0.657. The molecule has 1 aliphatic rings. The van der Waals surface area contributed by atoms with Gasteiger partial charge < -0.3 is 20.7 Å². The standard InChI is InChI=1S/C20H21N3O5S/c1-2-12-3-5-14(6-4-12)23-10-13(9-17(23)25)20(27)28-11-16(24)22-19-15(18(21)26)7-8-29-19/h3-8,13H,2,9-11H2,1H3,(H2,21,26)(H,22,24)/t13-/m0/s1. The number of carbonyl (C=O) groups is 4. The van der Waals surface area contributed by atoms with E-state index in [1.807, 2.05) is 31.2 Å². The monoisotopic (exact) mass is 415 g/mol. The van der Waals surface area contributed by atoms with Gasteiger partial charge in [0.2, 0.25) is 5.91 Å².